The Hall–Kier alpha value is -2.77. The lowest BCUT2D eigenvalue weighted by atomic mass is 9.90. The molecule has 0 bridgehead atoms. The molecule has 2 heterocycles. The summed E-state index contributed by atoms with van der Waals surface area (Å²) in [6.07, 6.45) is 3.39. The van der Waals surface area contributed by atoms with E-state index < -0.39 is 10.0 Å². The highest BCUT2D eigenvalue weighted by Crippen LogP contribution is 2.27. The van der Waals surface area contributed by atoms with Crippen molar-refractivity contribution in [3.8, 4) is 11.3 Å². The molecule has 2 aromatic carbocycles. The van der Waals surface area contributed by atoms with Crippen LogP contribution in [0.25, 0.3) is 11.3 Å². The number of rotatable bonds is 5. The minimum absolute atomic E-state index is 0.117. The SMILES string of the molecule is Cc1ccc(-c2ccc(N3CCC(Cc4ccccc4)CC3)nn2)cc1S(N)(=O)=O. The highest BCUT2D eigenvalue weighted by atomic mass is 32.2. The second-order valence-corrected chi connectivity index (χ2v) is 9.45. The average molecular weight is 423 g/mol. The molecule has 0 radical (unpaired) electrons. The molecule has 30 heavy (non-hydrogen) atoms. The van der Waals surface area contributed by atoms with Crippen LogP contribution in [0.5, 0.6) is 0 Å². The van der Waals surface area contributed by atoms with Gasteiger partial charge < -0.3 is 4.90 Å². The summed E-state index contributed by atoms with van der Waals surface area (Å²) in [7, 11) is -3.77. The fraction of sp³-hybridized carbons (Fsp3) is 0.304. The van der Waals surface area contributed by atoms with Crippen molar-refractivity contribution >= 4 is 15.8 Å². The number of piperidine rings is 1. The van der Waals surface area contributed by atoms with E-state index in [0.29, 0.717) is 22.7 Å². The quantitative estimate of drug-likeness (QED) is 0.679. The third-order valence-electron chi connectivity index (χ3n) is 5.75. The Morgan fingerprint density at radius 3 is 2.37 bits per heavy atom. The molecule has 7 heteroatoms. The molecule has 3 aromatic rings. The zero-order chi connectivity index (χ0) is 21.1. The first-order valence-corrected chi connectivity index (χ1v) is 11.7. The van der Waals surface area contributed by atoms with Crippen LogP contribution in [0.15, 0.2) is 65.6 Å². The maximum atomic E-state index is 11.8. The second-order valence-electron chi connectivity index (χ2n) is 7.92. The fourth-order valence-corrected chi connectivity index (χ4v) is 4.84. The zero-order valence-electron chi connectivity index (χ0n) is 17.0. The Kier molecular flexibility index (Phi) is 5.83. The smallest absolute Gasteiger partial charge is 0.238 e. The van der Waals surface area contributed by atoms with Crippen LogP contribution in [0.2, 0.25) is 0 Å². The van der Waals surface area contributed by atoms with E-state index in [9.17, 15) is 8.42 Å². The minimum Gasteiger partial charge on any atom is -0.355 e. The molecule has 0 saturated carbocycles. The lowest BCUT2D eigenvalue weighted by Crippen LogP contribution is -2.35. The van der Waals surface area contributed by atoms with Crippen LogP contribution in [-0.2, 0) is 16.4 Å². The van der Waals surface area contributed by atoms with E-state index in [-0.39, 0.29) is 4.90 Å². The van der Waals surface area contributed by atoms with Gasteiger partial charge >= 0.3 is 0 Å². The van der Waals surface area contributed by atoms with Gasteiger partial charge in [-0.1, -0.05) is 42.5 Å². The lowest BCUT2D eigenvalue weighted by molar-refractivity contribution is 0.402. The molecule has 1 fully saturated rings. The van der Waals surface area contributed by atoms with Crippen molar-refractivity contribution in [3.05, 3.63) is 71.8 Å². The summed E-state index contributed by atoms with van der Waals surface area (Å²) in [4.78, 5) is 2.38. The van der Waals surface area contributed by atoms with Crippen LogP contribution in [0.1, 0.15) is 24.0 Å². The van der Waals surface area contributed by atoms with Gasteiger partial charge in [-0.25, -0.2) is 13.6 Å². The Bertz CT molecular complexity index is 1110. The lowest BCUT2D eigenvalue weighted by Gasteiger charge is -2.32. The number of aromatic nitrogens is 2. The van der Waals surface area contributed by atoms with Gasteiger partial charge in [-0.3, -0.25) is 0 Å². The molecule has 156 valence electrons. The summed E-state index contributed by atoms with van der Waals surface area (Å²) in [5.41, 5.74) is 3.33. The Morgan fingerprint density at radius 1 is 1.00 bits per heavy atom. The summed E-state index contributed by atoms with van der Waals surface area (Å²) in [6, 6.07) is 19.6. The molecule has 0 aliphatic carbocycles. The standard InChI is InChI=1S/C23H26N4O2S/c1-17-7-8-20(16-22(17)30(24,28)29)21-9-10-23(26-25-21)27-13-11-19(12-14-27)15-18-5-3-2-4-6-18/h2-10,16,19H,11-15H2,1H3,(H2,24,28,29). The summed E-state index contributed by atoms with van der Waals surface area (Å²) in [5, 5.41) is 14.0. The summed E-state index contributed by atoms with van der Waals surface area (Å²) in [6.45, 7) is 3.65. The molecular weight excluding hydrogens is 396 g/mol. The van der Waals surface area contributed by atoms with E-state index >= 15 is 0 Å². The first-order chi connectivity index (χ1) is 14.4. The van der Waals surface area contributed by atoms with Crippen LogP contribution in [-0.4, -0.2) is 31.7 Å². The molecule has 0 spiro atoms. The monoisotopic (exact) mass is 422 g/mol. The van der Waals surface area contributed by atoms with E-state index in [0.717, 1.165) is 38.2 Å². The predicted molar refractivity (Wildman–Crippen MR) is 119 cm³/mol. The van der Waals surface area contributed by atoms with Crippen molar-refractivity contribution in [1.29, 1.82) is 0 Å². The van der Waals surface area contributed by atoms with E-state index in [1.165, 1.54) is 5.56 Å². The van der Waals surface area contributed by atoms with Gasteiger partial charge in [0.1, 0.15) is 0 Å². The van der Waals surface area contributed by atoms with Crippen LogP contribution in [0.4, 0.5) is 5.82 Å². The zero-order valence-corrected chi connectivity index (χ0v) is 17.8. The number of aryl methyl sites for hydroxylation is 1. The molecule has 4 rings (SSSR count). The van der Waals surface area contributed by atoms with Crippen LogP contribution < -0.4 is 10.0 Å². The number of hydrogen-bond donors (Lipinski definition) is 1. The summed E-state index contributed by atoms with van der Waals surface area (Å²) in [5.74, 6) is 1.55. The van der Waals surface area contributed by atoms with Crippen molar-refractivity contribution in [2.24, 2.45) is 11.1 Å². The highest BCUT2D eigenvalue weighted by molar-refractivity contribution is 7.89. The van der Waals surface area contributed by atoms with E-state index in [2.05, 4.69) is 45.4 Å². The van der Waals surface area contributed by atoms with Crippen LogP contribution in [0.3, 0.4) is 0 Å². The molecule has 0 unspecified atom stereocenters. The molecule has 2 N–H and O–H groups in total. The molecule has 6 nitrogen and oxygen atoms in total. The molecule has 1 aliphatic heterocycles. The molecule has 1 aromatic heterocycles. The minimum atomic E-state index is -3.77. The molecule has 0 amide bonds. The van der Waals surface area contributed by atoms with E-state index in [1.807, 2.05) is 18.2 Å². The Labute approximate surface area is 177 Å². The maximum absolute atomic E-state index is 11.8. The van der Waals surface area contributed by atoms with Gasteiger partial charge in [-0.15, -0.1) is 10.2 Å². The summed E-state index contributed by atoms with van der Waals surface area (Å²) >= 11 is 0. The van der Waals surface area contributed by atoms with Gasteiger partial charge in [0.05, 0.1) is 10.6 Å². The van der Waals surface area contributed by atoms with Gasteiger partial charge in [0.15, 0.2) is 5.82 Å². The molecule has 0 atom stereocenters. The highest BCUT2D eigenvalue weighted by Gasteiger charge is 2.21. The van der Waals surface area contributed by atoms with Crippen molar-refractivity contribution in [3.63, 3.8) is 0 Å². The van der Waals surface area contributed by atoms with Gasteiger partial charge in [-0.05, 0) is 61.4 Å². The van der Waals surface area contributed by atoms with Gasteiger partial charge in [-0.2, -0.15) is 0 Å². The fourth-order valence-electron chi connectivity index (χ4n) is 4.03. The van der Waals surface area contributed by atoms with Crippen molar-refractivity contribution < 1.29 is 8.42 Å². The second kappa shape index (κ2) is 8.53. The third kappa shape index (κ3) is 4.68. The normalized spacial score (nSPS) is 15.3. The number of benzene rings is 2. The number of nitrogens with two attached hydrogens (primary N) is 1. The Balaban J connectivity index is 1.42. The Morgan fingerprint density at radius 2 is 1.73 bits per heavy atom. The van der Waals surface area contributed by atoms with E-state index in [4.69, 9.17) is 5.14 Å². The van der Waals surface area contributed by atoms with Gasteiger partial charge in [0.25, 0.3) is 0 Å². The largest absolute Gasteiger partial charge is 0.355 e. The van der Waals surface area contributed by atoms with E-state index in [1.54, 1.807) is 19.1 Å². The van der Waals surface area contributed by atoms with Crippen molar-refractivity contribution in [2.45, 2.75) is 31.1 Å². The molecule has 1 saturated heterocycles. The first-order valence-electron chi connectivity index (χ1n) is 10.2. The molecular formula is C23H26N4O2S. The predicted octanol–water partition coefficient (Wildman–Crippen LogP) is 3.56. The van der Waals surface area contributed by atoms with Gasteiger partial charge in [0.2, 0.25) is 10.0 Å². The molecule has 1 aliphatic rings. The first kappa shape index (κ1) is 20.5. The van der Waals surface area contributed by atoms with Gasteiger partial charge in [0, 0.05) is 18.7 Å². The number of hydrogen-bond acceptors (Lipinski definition) is 5. The topological polar surface area (TPSA) is 89.2 Å². The number of sulfonamides is 1. The van der Waals surface area contributed by atoms with Crippen LogP contribution in [0, 0.1) is 12.8 Å². The number of nitrogens with zero attached hydrogens (tertiary/aromatic N) is 3. The maximum Gasteiger partial charge on any atom is 0.238 e. The number of anilines is 1. The summed E-state index contributed by atoms with van der Waals surface area (Å²) < 4.78 is 23.5. The van der Waals surface area contributed by atoms with Crippen LogP contribution >= 0.6 is 0 Å². The third-order valence-corrected chi connectivity index (χ3v) is 6.80. The van der Waals surface area contributed by atoms with Crippen molar-refractivity contribution in [1.82, 2.24) is 10.2 Å². The van der Waals surface area contributed by atoms with Crippen molar-refractivity contribution in [2.75, 3.05) is 18.0 Å². The number of primary sulfonamides is 1. The average Bonchev–Trinajstić information content (AvgIpc) is 2.75.